The number of carbonyl (C=O) groups is 1. The number of esters is 1. The molecule has 0 aromatic carbocycles. The number of rotatable bonds is 2. The molecule has 0 radical (unpaired) electrons. The molecule has 1 heterocycles. The monoisotopic (exact) mass is 308 g/mol. The minimum Gasteiger partial charge on any atom is -0.457 e. The van der Waals surface area contributed by atoms with E-state index in [-0.39, 0.29) is 17.2 Å². The van der Waals surface area contributed by atoms with Gasteiger partial charge in [-0.15, -0.1) is 0 Å². The first kappa shape index (κ1) is 17.5. The maximum absolute atomic E-state index is 12.5. The van der Waals surface area contributed by atoms with Crippen LogP contribution in [0.2, 0.25) is 0 Å². The third-order valence-electron chi connectivity index (χ3n) is 4.69. The molecule has 1 aliphatic heterocycles. The van der Waals surface area contributed by atoms with E-state index < -0.39 is 12.7 Å². The highest BCUT2D eigenvalue weighted by Gasteiger charge is 2.53. The minimum absolute atomic E-state index is 0.225. The van der Waals surface area contributed by atoms with Crippen molar-refractivity contribution in [2.75, 3.05) is 0 Å². The van der Waals surface area contributed by atoms with Crippen LogP contribution in [0, 0.1) is 0 Å². The lowest BCUT2D eigenvalue weighted by molar-refractivity contribution is -0.150. The molecule has 0 N–H and O–H groups in total. The molecule has 2 aliphatic rings. The van der Waals surface area contributed by atoms with Gasteiger partial charge >= 0.3 is 13.1 Å². The number of allylic oxidation sites excluding steroid dienone is 1. The average Bonchev–Trinajstić information content (AvgIpc) is 2.56. The summed E-state index contributed by atoms with van der Waals surface area (Å²) in [4.78, 5) is 12.5. The van der Waals surface area contributed by atoms with Crippen molar-refractivity contribution in [2.45, 2.75) is 91.0 Å². The molecule has 0 spiro atoms. The molecule has 0 unspecified atom stereocenters. The van der Waals surface area contributed by atoms with Crippen molar-refractivity contribution in [3.63, 3.8) is 0 Å². The zero-order chi connectivity index (χ0) is 16.8. The van der Waals surface area contributed by atoms with Crippen LogP contribution in [0.5, 0.6) is 0 Å². The van der Waals surface area contributed by atoms with Crippen LogP contribution in [0.15, 0.2) is 11.0 Å². The third kappa shape index (κ3) is 3.57. The molecule has 0 aromatic rings. The molecule has 0 aromatic heterocycles. The quantitative estimate of drug-likeness (QED) is 0.574. The van der Waals surface area contributed by atoms with E-state index in [4.69, 9.17) is 14.0 Å². The molecule has 1 aliphatic carbocycles. The summed E-state index contributed by atoms with van der Waals surface area (Å²) in [6.45, 7) is 13.8. The van der Waals surface area contributed by atoms with Gasteiger partial charge in [0, 0.05) is 5.57 Å². The Kier molecular flexibility index (Phi) is 4.53. The van der Waals surface area contributed by atoms with Crippen molar-refractivity contribution in [1.29, 1.82) is 0 Å². The highest BCUT2D eigenvalue weighted by Crippen LogP contribution is 2.41. The molecule has 2 rings (SSSR count). The van der Waals surface area contributed by atoms with Crippen molar-refractivity contribution in [2.24, 2.45) is 0 Å². The van der Waals surface area contributed by atoms with E-state index in [1.54, 1.807) is 0 Å². The predicted octanol–water partition coefficient (Wildman–Crippen LogP) is 3.83. The lowest BCUT2D eigenvalue weighted by Gasteiger charge is -2.32. The van der Waals surface area contributed by atoms with Gasteiger partial charge in [0.1, 0.15) is 5.60 Å². The van der Waals surface area contributed by atoms with Crippen LogP contribution >= 0.6 is 0 Å². The first-order chi connectivity index (χ1) is 9.93. The average molecular weight is 308 g/mol. The second kappa shape index (κ2) is 5.68. The molecule has 1 saturated heterocycles. The van der Waals surface area contributed by atoms with Crippen LogP contribution in [0.4, 0.5) is 0 Å². The summed E-state index contributed by atoms with van der Waals surface area (Å²) in [6.07, 6.45) is 3.66. The van der Waals surface area contributed by atoms with Gasteiger partial charge in [-0.05, 0) is 79.6 Å². The summed E-state index contributed by atoms with van der Waals surface area (Å²) in [5.41, 5.74) is 0.462. The van der Waals surface area contributed by atoms with Crippen molar-refractivity contribution >= 4 is 13.1 Å². The van der Waals surface area contributed by atoms with E-state index >= 15 is 0 Å². The molecule has 5 heteroatoms. The molecule has 22 heavy (non-hydrogen) atoms. The van der Waals surface area contributed by atoms with E-state index in [2.05, 4.69) is 0 Å². The van der Waals surface area contributed by atoms with Gasteiger partial charge in [0.15, 0.2) is 0 Å². The summed E-state index contributed by atoms with van der Waals surface area (Å²) in [6, 6.07) is 0. The first-order valence-corrected chi connectivity index (χ1v) is 8.24. The number of carbonyl (C=O) groups excluding carboxylic acids is 1. The van der Waals surface area contributed by atoms with E-state index in [9.17, 15) is 4.79 Å². The first-order valence-electron chi connectivity index (χ1n) is 8.24. The number of hydrogen-bond acceptors (Lipinski definition) is 4. The topological polar surface area (TPSA) is 44.8 Å². The third-order valence-corrected chi connectivity index (χ3v) is 4.69. The zero-order valence-corrected chi connectivity index (χ0v) is 15.0. The fraction of sp³-hybridized carbons (Fsp3) is 0.824. The highest BCUT2D eigenvalue weighted by atomic mass is 16.7. The van der Waals surface area contributed by atoms with Gasteiger partial charge < -0.3 is 14.0 Å². The van der Waals surface area contributed by atoms with Gasteiger partial charge in [0.25, 0.3) is 0 Å². The summed E-state index contributed by atoms with van der Waals surface area (Å²) in [7, 11) is -0.437. The lowest BCUT2D eigenvalue weighted by atomic mass is 9.69. The Bertz CT molecular complexity index is 469. The van der Waals surface area contributed by atoms with Gasteiger partial charge in [-0.1, -0.05) is 0 Å². The van der Waals surface area contributed by atoms with Crippen LogP contribution in [0.1, 0.15) is 74.1 Å². The summed E-state index contributed by atoms with van der Waals surface area (Å²) in [5, 5.41) is 0. The molecule has 1 fully saturated rings. The smallest absolute Gasteiger partial charge is 0.457 e. The molecule has 0 amide bonds. The van der Waals surface area contributed by atoms with Crippen LogP contribution < -0.4 is 0 Å². The normalized spacial score (nSPS) is 24.6. The summed E-state index contributed by atoms with van der Waals surface area (Å²) < 4.78 is 17.8. The van der Waals surface area contributed by atoms with Gasteiger partial charge in [0.2, 0.25) is 0 Å². The van der Waals surface area contributed by atoms with E-state index in [0.29, 0.717) is 0 Å². The van der Waals surface area contributed by atoms with E-state index in [1.807, 2.05) is 48.5 Å². The number of hydrogen-bond donors (Lipinski definition) is 0. The molecule has 0 atom stereocenters. The lowest BCUT2D eigenvalue weighted by Crippen LogP contribution is -2.41. The van der Waals surface area contributed by atoms with Crippen LogP contribution in [0.3, 0.4) is 0 Å². The Balaban J connectivity index is 2.28. The number of ether oxygens (including phenoxy) is 1. The van der Waals surface area contributed by atoms with Gasteiger partial charge in [0.05, 0.1) is 11.2 Å². The Morgan fingerprint density at radius 2 is 1.55 bits per heavy atom. The molecule has 124 valence electrons. The van der Waals surface area contributed by atoms with Crippen molar-refractivity contribution in [3.8, 4) is 0 Å². The molecular weight excluding hydrogens is 279 g/mol. The van der Waals surface area contributed by atoms with Crippen LogP contribution in [0.25, 0.3) is 0 Å². The Hall–Kier alpha value is -0.805. The Labute approximate surface area is 134 Å². The van der Waals surface area contributed by atoms with Crippen molar-refractivity contribution in [1.82, 2.24) is 0 Å². The van der Waals surface area contributed by atoms with Gasteiger partial charge in [-0.3, -0.25) is 0 Å². The van der Waals surface area contributed by atoms with Gasteiger partial charge in [-0.25, -0.2) is 4.79 Å². The second-order valence-electron chi connectivity index (χ2n) is 8.30. The van der Waals surface area contributed by atoms with Crippen LogP contribution in [-0.2, 0) is 18.8 Å². The Morgan fingerprint density at radius 1 is 1.05 bits per heavy atom. The van der Waals surface area contributed by atoms with E-state index in [1.165, 1.54) is 0 Å². The standard InChI is InChI=1S/C17H29BO4/c1-15(2,3)20-14(19)12-10-8-9-11-13(12)18-21-16(4,5)17(6,7)22-18/h8-11H2,1-7H3. The predicted molar refractivity (Wildman–Crippen MR) is 87.4 cm³/mol. The maximum atomic E-state index is 12.5. The zero-order valence-electron chi connectivity index (χ0n) is 15.0. The SMILES string of the molecule is CC(C)(C)OC(=O)C1=C(B2OC(C)(C)C(C)(C)O2)CCCC1. The molecule has 4 nitrogen and oxygen atoms in total. The summed E-state index contributed by atoms with van der Waals surface area (Å²) >= 11 is 0. The minimum atomic E-state index is -0.484. The molecule has 0 saturated carbocycles. The van der Waals surface area contributed by atoms with Crippen molar-refractivity contribution in [3.05, 3.63) is 11.0 Å². The van der Waals surface area contributed by atoms with Crippen LogP contribution in [-0.4, -0.2) is 29.9 Å². The largest absolute Gasteiger partial charge is 0.491 e. The fourth-order valence-corrected chi connectivity index (χ4v) is 2.75. The fourth-order valence-electron chi connectivity index (χ4n) is 2.75. The summed E-state index contributed by atoms with van der Waals surface area (Å²) in [5.74, 6) is -0.225. The van der Waals surface area contributed by atoms with Crippen molar-refractivity contribution < 1.29 is 18.8 Å². The molecular formula is C17H29BO4. The van der Waals surface area contributed by atoms with E-state index in [0.717, 1.165) is 36.7 Å². The van der Waals surface area contributed by atoms with Gasteiger partial charge in [-0.2, -0.15) is 0 Å². The second-order valence-corrected chi connectivity index (χ2v) is 8.30. The highest BCUT2D eigenvalue weighted by molar-refractivity contribution is 6.55. The molecule has 0 bridgehead atoms. The maximum Gasteiger partial charge on any atom is 0.491 e. The Morgan fingerprint density at radius 3 is 2.05 bits per heavy atom.